The Morgan fingerprint density at radius 1 is 1.50 bits per heavy atom. The molecule has 0 radical (unpaired) electrons. The van der Waals surface area contributed by atoms with E-state index in [1.165, 1.54) is 16.9 Å². The quantitative estimate of drug-likeness (QED) is 0.920. The van der Waals surface area contributed by atoms with Crippen LogP contribution in [0.15, 0.2) is 22.9 Å². The Kier molecular flexibility index (Phi) is 2.67. The Morgan fingerprint density at radius 3 is 2.81 bits per heavy atom. The van der Waals surface area contributed by atoms with E-state index in [9.17, 15) is 13.9 Å². The summed E-state index contributed by atoms with van der Waals surface area (Å²) in [5.74, 6) is 0. The smallest absolute Gasteiger partial charge is 0.272 e. The van der Waals surface area contributed by atoms with Crippen LogP contribution in [0.3, 0.4) is 0 Å². The van der Waals surface area contributed by atoms with Crippen molar-refractivity contribution in [2.24, 2.45) is 0 Å². The summed E-state index contributed by atoms with van der Waals surface area (Å²) in [5, 5.41) is 13.5. The van der Waals surface area contributed by atoms with Crippen LogP contribution in [0.2, 0.25) is 0 Å². The average molecular weight is 292 g/mol. The van der Waals surface area contributed by atoms with Crippen LogP contribution in [0.25, 0.3) is 5.65 Å². The second-order valence-electron chi connectivity index (χ2n) is 3.51. The Balaban J connectivity index is 2.70. The van der Waals surface area contributed by atoms with Gasteiger partial charge in [-0.15, -0.1) is 0 Å². The molecule has 0 fully saturated rings. The normalized spacial score (nSPS) is 15.6. The highest BCUT2D eigenvalue weighted by atomic mass is 79.9. The van der Waals surface area contributed by atoms with Crippen LogP contribution in [0.1, 0.15) is 12.6 Å². The summed E-state index contributed by atoms with van der Waals surface area (Å²) in [7, 11) is 0. The third kappa shape index (κ3) is 1.60. The van der Waals surface area contributed by atoms with Crippen LogP contribution >= 0.6 is 15.9 Å². The van der Waals surface area contributed by atoms with Crippen molar-refractivity contribution in [2.45, 2.75) is 19.0 Å². The molecule has 0 aliphatic carbocycles. The number of hydrogen-bond acceptors (Lipinski definition) is 3. The highest BCUT2D eigenvalue weighted by Gasteiger charge is 2.37. The van der Waals surface area contributed by atoms with Gasteiger partial charge in [0.15, 0.2) is 11.2 Å². The van der Waals surface area contributed by atoms with Gasteiger partial charge in [-0.3, -0.25) is 0 Å². The first kappa shape index (κ1) is 11.4. The van der Waals surface area contributed by atoms with E-state index in [4.69, 9.17) is 0 Å². The molecule has 1 atom stereocenters. The Labute approximate surface area is 98.0 Å². The summed E-state index contributed by atoms with van der Waals surface area (Å²) < 4.78 is 27.2. The maximum Gasteiger partial charge on any atom is 0.272 e. The van der Waals surface area contributed by atoms with Crippen LogP contribution in [-0.2, 0) is 5.60 Å². The number of aliphatic hydroxyl groups is 1. The van der Waals surface area contributed by atoms with Crippen LogP contribution in [0.4, 0.5) is 8.78 Å². The number of fused-ring (bicyclic) bond motifs is 1. The molecule has 0 aromatic carbocycles. The van der Waals surface area contributed by atoms with Gasteiger partial charge in [0.25, 0.3) is 6.43 Å². The van der Waals surface area contributed by atoms with Crippen molar-refractivity contribution < 1.29 is 13.9 Å². The molecule has 0 aliphatic heterocycles. The van der Waals surface area contributed by atoms with Crippen LogP contribution in [0.5, 0.6) is 0 Å². The lowest BCUT2D eigenvalue weighted by Crippen LogP contribution is -2.32. The minimum Gasteiger partial charge on any atom is -0.378 e. The van der Waals surface area contributed by atoms with E-state index in [1.54, 1.807) is 6.07 Å². The molecule has 7 heteroatoms. The predicted molar refractivity (Wildman–Crippen MR) is 56.3 cm³/mol. The fraction of sp³-hybridized carbons (Fsp3) is 0.333. The number of rotatable bonds is 2. The van der Waals surface area contributed by atoms with Crippen LogP contribution in [0, 0.1) is 0 Å². The molecule has 1 N–H and O–H groups in total. The molecule has 0 aliphatic rings. The summed E-state index contributed by atoms with van der Waals surface area (Å²) >= 11 is 3.22. The molecule has 0 spiro atoms. The third-order valence-electron chi connectivity index (χ3n) is 2.32. The Morgan fingerprint density at radius 2 is 2.19 bits per heavy atom. The van der Waals surface area contributed by atoms with Gasteiger partial charge in [0, 0.05) is 0 Å². The van der Waals surface area contributed by atoms with Gasteiger partial charge in [0.05, 0.1) is 10.2 Å². The lowest BCUT2D eigenvalue weighted by molar-refractivity contribution is -0.0922. The van der Waals surface area contributed by atoms with E-state index in [1.807, 2.05) is 0 Å². The van der Waals surface area contributed by atoms with Crippen molar-refractivity contribution in [2.75, 3.05) is 0 Å². The molecule has 2 aromatic rings. The molecule has 86 valence electrons. The molecule has 0 saturated carbocycles. The van der Waals surface area contributed by atoms with E-state index in [0.29, 0.717) is 10.1 Å². The number of halogens is 3. The number of alkyl halides is 2. The first-order valence-corrected chi connectivity index (χ1v) is 5.23. The monoisotopic (exact) mass is 291 g/mol. The van der Waals surface area contributed by atoms with Crippen molar-refractivity contribution in [1.82, 2.24) is 14.6 Å². The SMILES string of the molecule is CC(O)(c1ccc(Br)c2ncnn12)C(F)F. The van der Waals surface area contributed by atoms with Gasteiger partial charge in [0.1, 0.15) is 6.33 Å². The first-order chi connectivity index (χ1) is 7.44. The van der Waals surface area contributed by atoms with Crippen LogP contribution < -0.4 is 0 Å². The second kappa shape index (κ2) is 3.74. The minimum absolute atomic E-state index is 0.00167. The molecular weight excluding hydrogens is 284 g/mol. The topological polar surface area (TPSA) is 50.4 Å². The van der Waals surface area contributed by atoms with Crippen molar-refractivity contribution in [3.8, 4) is 0 Å². The lowest BCUT2D eigenvalue weighted by Gasteiger charge is -2.23. The zero-order chi connectivity index (χ0) is 11.9. The number of hydrogen-bond donors (Lipinski definition) is 1. The second-order valence-corrected chi connectivity index (χ2v) is 4.36. The van der Waals surface area contributed by atoms with Gasteiger partial charge in [-0.05, 0) is 35.0 Å². The van der Waals surface area contributed by atoms with E-state index in [-0.39, 0.29) is 5.69 Å². The Bertz CT molecular complexity index is 526. The molecule has 2 aromatic heterocycles. The molecule has 1 unspecified atom stereocenters. The van der Waals surface area contributed by atoms with Crippen molar-refractivity contribution in [3.05, 3.63) is 28.6 Å². The zero-order valence-electron chi connectivity index (χ0n) is 8.23. The standard InChI is InChI=1S/C9H8BrF2N3O/c1-9(16,8(11)12)6-3-2-5(10)7-13-4-14-15(6)7/h2-4,8,16H,1H3. The fourth-order valence-electron chi connectivity index (χ4n) is 1.37. The van der Waals surface area contributed by atoms with Crippen LogP contribution in [-0.4, -0.2) is 26.1 Å². The molecule has 0 bridgehead atoms. The summed E-state index contributed by atoms with van der Waals surface area (Å²) in [6, 6.07) is 2.94. The minimum atomic E-state index is -2.90. The summed E-state index contributed by atoms with van der Waals surface area (Å²) in [6.07, 6.45) is -1.66. The average Bonchev–Trinajstić information content (AvgIpc) is 2.66. The third-order valence-corrected chi connectivity index (χ3v) is 2.94. The summed E-state index contributed by atoms with van der Waals surface area (Å²) in [5.41, 5.74) is -1.87. The highest BCUT2D eigenvalue weighted by Crippen LogP contribution is 2.29. The van der Waals surface area contributed by atoms with E-state index >= 15 is 0 Å². The summed E-state index contributed by atoms with van der Waals surface area (Å²) in [4.78, 5) is 3.90. The summed E-state index contributed by atoms with van der Waals surface area (Å²) in [6.45, 7) is 1.04. The van der Waals surface area contributed by atoms with Crippen molar-refractivity contribution in [3.63, 3.8) is 0 Å². The lowest BCUT2D eigenvalue weighted by atomic mass is 10.0. The fourth-order valence-corrected chi connectivity index (χ4v) is 1.78. The first-order valence-electron chi connectivity index (χ1n) is 4.44. The molecule has 4 nitrogen and oxygen atoms in total. The van der Waals surface area contributed by atoms with Gasteiger partial charge in [-0.25, -0.2) is 18.3 Å². The number of nitrogens with zero attached hydrogens (tertiary/aromatic N) is 3. The molecule has 0 amide bonds. The Hall–Kier alpha value is -1.08. The largest absolute Gasteiger partial charge is 0.378 e. The van der Waals surface area contributed by atoms with Gasteiger partial charge in [-0.2, -0.15) is 5.10 Å². The van der Waals surface area contributed by atoms with E-state index in [0.717, 1.165) is 6.92 Å². The van der Waals surface area contributed by atoms with Gasteiger partial charge in [-0.1, -0.05) is 0 Å². The molecule has 16 heavy (non-hydrogen) atoms. The number of aromatic nitrogens is 3. The van der Waals surface area contributed by atoms with Gasteiger partial charge >= 0.3 is 0 Å². The molecule has 2 rings (SSSR count). The molecule has 0 saturated heterocycles. The maximum absolute atomic E-state index is 12.7. The molecular formula is C9H8BrF2N3O. The van der Waals surface area contributed by atoms with Crippen molar-refractivity contribution >= 4 is 21.6 Å². The van der Waals surface area contributed by atoms with E-state index < -0.39 is 12.0 Å². The maximum atomic E-state index is 12.7. The highest BCUT2D eigenvalue weighted by molar-refractivity contribution is 9.10. The molecule has 2 heterocycles. The predicted octanol–water partition coefficient (Wildman–Crippen LogP) is 1.96. The van der Waals surface area contributed by atoms with E-state index in [2.05, 4.69) is 26.0 Å². The van der Waals surface area contributed by atoms with Crippen molar-refractivity contribution in [1.29, 1.82) is 0 Å². The van der Waals surface area contributed by atoms with Gasteiger partial charge < -0.3 is 5.11 Å². The van der Waals surface area contributed by atoms with Gasteiger partial charge in [0.2, 0.25) is 0 Å². The zero-order valence-corrected chi connectivity index (χ0v) is 9.82. The number of pyridine rings is 1.